The summed E-state index contributed by atoms with van der Waals surface area (Å²) in [5.41, 5.74) is 3.54. The first-order valence-electron chi connectivity index (χ1n) is 6.70. The lowest BCUT2D eigenvalue weighted by molar-refractivity contribution is 0.587. The molecule has 0 aromatic heterocycles. The Morgan fingerprint density at radius 2 is 1.75 bits per heavy atom. The van der Waals surface area contributed by atoms with Crippen LogP contribution in [0.5, 0.6) is 0 Å². The minimum Gasteiger partial charge on any atom is -0.309 e. The van der Waals surface area contributed by atoms with Gasteiger partial charge in [-0.1, -0.05) is 31.2 Å². The summed E-state index contributed by atoms with van der Waals surface area (Å²) in [6.07, 6.45) is 0.982. The van der Waals surface area contributed by atoms with Crippen molar-refractivity contribution in [2.75, 3.05) is 0 Å². The van der Waals surface area contributed by atoms with Gasteiger partial charge in [0.2, 0.25) is 0 Å². The van der Waals surface area contributed by atoms with Gasteiger partial charge in [-0.15, -0.1) is 0 Å². The number of nitriles is 1. The monoisotopic (exact) mass is 268 g/mol. The van der Waals surface area contributed by atoms with Crippen LogP contribution in [0.3, 0.4) is 0 Å². The molecule has 0 unspecified atom stereocenters. The van der Waals surface area contributed by atoms with Crippen LogP contribution in [0.4, 0.5) is 4.39 Å². The maximum absolute atomic E-state index is 13.6. The molecule has 0 heterocycles. The fourth-order valence-electron chi connectivity index (χ4n) is 2.19. The maximum atomic E-state index is 13.6. The molecule has 20 heavy (non-hydrogen) atoms. The minimum absolute atomic E-state index is 0.278. The van der Waals surface area contributed by atoms with E-state index in [9.17, 15) is 4.39 Å². The van der Waals surface area contributed by atoms with Crippen molar-refractivity contribution in [3.8, 4) is 6.07 Å². The molecule has 0 saturated carbocycles. The molecule has 0 aliphatic heterocycles. The van der Waals surface area contributed by atoms with E-state index in [1.807, 2.05) is 18.2 Å². The summed E-state index contributed by atoms with van der Waals surface area (Å²) in [7, 11) is 0. The van der Waals surface area contributed by atoms with Crippen LogP contribution in [-0.2, 0) is 19.5 Å². The van der Waals surface area contributed by atoms with E-state index in [0.29, 0.717) is 24.2 Å². The van der Waals surface area contributed by atoms with Crippen LogP contribution in [-0.4, -0.2) is 0 Å². The van der Waals surface area contributed by atoms with E-state index in [-0.39, 0.29) is 5.82 Å². The second-order valence-electron chi connectivity index (χ2n) is 4.64. The van der Waals surface area contributed by atoms with Crippen LogP contribution < -0.4 is 5.32 Å². The molecule has 0 saturated heterocycles. The first kappa shape index (κ1) is 14.2. The van der Waals surface area contributed by atoms with Gasteiger partial charge in [-0.2, -0.15) is 5.26 Å². The zero-order valence-corrected chi connectivity index (χ0v) is 11.5. The lowest BCUT2D eigenvalue weighted by Gasteiger charge is -2.10. The highest BCUT2D eigenvalue weighted by atomic mass is 19.1. The molecule has 1 N–H and O–H groups in total. The van der Waals surface area contributed by atoms with Gasteiger partial charge >= 0.3 is 0 Å². The molecule has 0 amide bonds. The second-order valence-corrected chi connectivity index (χ2v) is 4.64. The van der Waals surface area contributed by atoms with Gasteiger partial charge in [0.15, 0.2) is 0 Å². The number of nitrogens with zero attached hydrogens (tertiary/aromatic N) is 1. The molecule has 0 fully saturated rings. The molecule has 0 aliphatic carbocycles. The highest BCUT2D eigenvalue weighted by Crippen LogP contribution is 2.12. The van der Waals surface area contributed by atoms with Crippen LogP contribution in [0.2, 0.25) is 0 Å². The Balaban J connectivity index is 2.01. The van der Waals surface area contributed by atoms with Crippen molar-refractivity contribution >= 4 is 0 Å². The fraction of sp³-hybridized carbons (Fsp3) is 0.235. The van der Waals surface area contributed by atoms with Gasteiger partial charge in [-0.05, 0) is 35.7 Å². The van der Waals surface area contributed by atoms with Gasteiger partial charge in [-0.25, -0.2) is 4.39 Å². The number of hydrogen-bond donors (Lipinski definition) is 1. The molecule has 2 aromatic rings. The molecule has 0 atom stereocenters. The molecule has 2 aromatic carbocycles. The van der Waals surface area contributed by atoms with Gasteiger partial charge in [0.1, 0.15) is 5.82 Å². The summed E-state index contributed by atoms with van der Waals surface area (Å²) in [5, 5.41) is 12.1. The molecule has 2 nitrogen and oxygen atoms in total. The average Bonchev–Trinajstić information content (AvgIpc) is 2.49. The third kappa shape index (κ3) is 3.43. The first-order valence-corrected chi connectivity index (χ1v) is 6.70. The fourth-order valence-corrected chi connectivity index (χ4v) is 2.19. The van der Waals surface area contributed by atoms with Crippen LogP contribution in [0.25, 0.3) is 0 Å². The Bertz CT molecular complexity index is 629. The summed E-state index contributed by atoms with van der Waals surface area (Å²) in [6.45, 7) is 3.23. The molecular formula is C17H17FN2. The van der Waals surface area contributed by atoms with Crippen molar-refractivity contribution in [2.24, 2.45) is 0 Å². The van der Waals surface area contributed by atoms with E-state index in [4.69, 9.17) is 5.26 Å². The van der Waals surface area contributed by atoms with E-state index >= 15 is 0 Å². The van der Waals surface area contributed by atoms with Gasteiger partial charge in [0, 0.05) is 18.7 Å². The Hall–Kier alpha value is -2.18. The molecule has 0 spiro atoms. The standard InChI is InChI=1S/C17H17FN2/c1-2-14-5-3-4-6-15(14)11-20-12-16-9-13(10-19)7-8-17(16)18/h3-9,20H,2,11-12H2,1H3. The number of nitrogens with one attached hydrogen (secondary N) is 1. The van der Waals surface area contributed by atoms with E-state index < -0.39 is 0 Å². The van der Waals surface area contributed by atoms with Crippen molar-refractivity contribution in [1.29, 1.82) is 5.26 Å². The summed E-state index contributed by atoms with van der Waals surface area (Å²) in [4.78, 5) is 0. The minimum atomic E-state index is -0.278. The lowest BCUT2D eigenvalue weighted by Crippen LogP contribution is -2.15. The molecule has 0 radical (unpaired) electrons. The van der Waals surface area contributed by atoms with Crippen molar-refractivity contribution in [1.82, 2.24) is 5.32 Å². The Labute approximate surface area is 118 Å². The van der Waals surface area contributed by atoms with E-state index in [1.165, 1.54) is 23.3 Å². The van der Waals surface area contributed by atoms with Crippen LogP contribution in [0.15, 0.2) is 42.5 Å². The van der Waals surface area contributed by atoms with Gasteiger partial charge < -0.3 is 5.32 Å². The van der Waals surface area contributed by atoms with Crippen molar-refractivity contribution in [2.45, 2.75) is 26.4 Å². The zero-order valence-electron chi connectivity index (χ0n) is 11.5. The summed E-state index contributed by atoms with van der Waals surface area (Å²) < 4.78 is 13.6. The number of benzene rings is 2. The first-order chi connectivity index (χ1) is 9.74. The Morgan fingerprint density at radius 3 is 2.45 bits per heavy atom. The number of halogens is 1. The summed E-state index contributed by atoms with van der Waals surface area (Å²) in [5.74, 6) is -0.278. The normalized spacial score (nSPS) is 10.2. The number of hydrogen-bond acceptors (Lipinski definition) is 2. The second kappa shape index (κ2) is 6.83. The third-order valence-electron chi connectivity index (χ3n) is 3.31. The van der Waals surface area contributed by atoms with Crippen molar-refractivity contribution < 1.29 is 4.39 Å². The van der Waals surface area contributed by atoms with Gasteiger partial charge in [-0.3, -0.25) is 0 Å². The van der Waals surface area contributed by atoms with E-state index in [0.717, 1.165) is 6.42 Å². The predicted molar refractivity (Wildman–Crippen MR) is 77.5 cm³/mol. The third-order valence-corrected chi connectivity index (χ3v) is 3.31. The van der Waals surface area contributed by atoms with Crippen LogP contribution in [0, 0.1) is 17.1 Å². The van der Waals surface area contributed by atoms with Crippen LogP contribution >= 0.6 is 0 Å². The van der Waals surface area contributed by atoms with E-state index in [1.54, 1.807) is 6.07 Å². The lowest BCUT2D eigenvalue weighted by atomic mass is 10.1. The topological polar surface area (TPSA) is 35.8 Å². The number of rotatable bonds is 5. The molecule has 3 heteroatoms. The molecule has 102 valence electrons. The largest absolute Gasteiger partial charge is 0.309 e. The molecule has 0 aliphatic rings. The van der Waals surface area contributed by atoms with Gasteiger partial charge in [0.25, 0.3) is 0 Å². The maximum Gasteiger partial charge on any atom is 0.127 e. The van der Waals surface area contributed by atoms with Crippen molar-refractivity contribution in [3.63, 3.8) is 0 Å². The van der Waals surface area contributed by atoms with Gasteiger partial charge in [0.05, 0.1) is 11.6 Å². The highest BCUT2D eigenvalue weighted by Gasteiger charge is 2.04. The average molecular weight is 268 g/mol. The zero-order chi connectivity index (χ0) is 14.4. The van der Waals surface area contributed by atoms with E-state index in [2.05, 4.69) is 24.4 Å². The predicted octanol–water partition coefficient (Wildman–Crippen LogP) is 3.55. The Morgan fingerprint density at radius 1 is 1.05 bits per heavy atom. The Kier molecular flexibility index (Phi) is 4.86. The SMILES string of the molecule is CCc1ccccc1CNCc1cc(C#N)ccc1F. The molecular weight excluding hydrogens is 251 g/mol. The number of aryl methyl sites for hydroxylation is 1. The quantitative estimate of drug-likeness (QED) is 0.900. The van der Waals surface area contributed by atoms with Crippen LogP contribution in [0.1, 0.15) is 29.2 Å². The summed E-state index contributed by atoms with van der Waals surface area (Å²) in [6, 6.07) is 14.7. The van der Waals surface area contributed by atoms with Crippen molar-refractivity contribution in [3.05, 3.63) is 70.5 Å². The molecule has 0 bridgehead atoms. The molecule has 2 rings (SSSR count). The summed E-state index contributed by atoms with van der Waals surface area (Å²) >= 11 is 0. The smallest absolute Gasteiger partial charge is 0.127 e. The highest BCUT2D eigenvalue weighted by molar-refractivity contribution is 5.34.